The van der Waals surface area contributed by atoms with E-state index in [4.69, 9.17) is 21.1 Å². The van der Waals surface area contributed by atoms with Gasteiger partial charge in [0.15, 0.2) is 11.5 Å². The zero-order chi connectivity index (χ0) is 17.4. The zero-order valence-corrected chi connectivity index (χ0v) is 14.4. The summed E-state index contributed by atoms with van der Waals surface area (Å²) in [6.07, 6.45) is 3.02. The number of methoxy groups -OCH3 is 1. The molecule has 0 aliphatic rings. The minimum atomic E-state index is -0.406. The third-order valence-electron chi connectivity index (χ3n) is 3.19. The standard InChI is InChI=1S/C19H19ClO4/c1-3-23-18-12-14(7-11-19(21)22-2)6-10-17(18)24-13-15-4-8-16(20)9-5-15/h4-12H,3,13H2,1-2H3/b11-7+. The van der Waals surface area contributed by atoms with Crippen LogP contribution in [0.3, 0.4) is 0 Å². The molecule has 0 radical (unpaired) electrons. The smallest absolute Gasteiger partial charge is 0.330 e. The van der Waals surface area contributed by atoms with E-state index in [1.807, 2.05) is 49.4 Å². The highest BCUT2D eigenvalue weighted by Gasteiger charge is 2.06. The summed E-state index contributed by atoms with van der Waals surface area (Å²) in [5, 5.41) is 0.690. The first-order valence-corrected chi connectivity index (χ1v) is 7.90. The van der Waals surface area contributed by atoms with Crippen molar-refractivity contribution in [3.05, 3.63) is 64.7 Å². The molecule has 0 atom stereocenters. The van der Waals surface area contributed by atoms with E-state index in [-0.39, 0.29) is 0 Å². The van der Waals surface area contributed by atoms with Gasteiger partial charge < -0.3 is 14.2 Å². The molecule has 0 aromatic heterocycles. The van der Waals surface area contributed by atoms with Crippen LogP contribution in [0.5, 0.6) is 11.5 Å². The molecule has 0 spiro atoms. The normalized spacial score (nSPS) is 10.6. The monoisotopic (exact) mass is 346 g/mol. The Balaban J connectivity index is 2.12. The molecule has 0 aliphatic carbocycles. The molecule has 4 nitrogen and oxygen atoms in total. The number of carbonyl (C=O) groups is 1. The summed E-state index contributed by atoms with van der Waals surface area (Å²) >= 11 is 5.87. The molecular formula is C19H19ClO4. The zero-order valence-electron chi connectivity index (χ0n) is 13.6. The van der Waals surface area contributed by atoms with E-state index in [0.29, 0.717) is 29.7 Å². The lowest BCUT2D eigenvalue weighted by Crippen LogP contribution is -2.00. The van der Waals surface area contributed by atoms with Gasteiger partial charge in [-0.3, -0.25) is 0 Å². The van der Waals surface area contributed by atoms with Crippen LogP contribution in [0.2, 0.25) is 5.02 Å². The fourth-order valence-corrected chi connectivity index (χ4v) is 2.12. The topological polar surface area (TPSA) is 44.8 Å². The Labute approximate surface area is 146 Å². The molecular weight excluding hydrogens is 328 g/mol. The number of hydrogen-bond acceptors (Lipinski definition) is 4. The summed E-state index contributed by atoms with van der Waals surface area (Å²) in [6.45, 7) is 2.83. The highest BCUT2D eigenvalue weighted by atomic mass is 35.5. The number of halogens is 1. The molecule has 0 aliphatic heterocycles. The van der Waals surface area contributed by atoms with Gasteiger partial charge >= 0.3 is 5.97 Å². The molecule has 0 unspecified atom stereocenters. The van der Waals surface area contributed by atoms with Crippen LogP contribution in [-0.2, 0) is 16.1 Å². The molecule has 0 N–H and O–H groups in total. The molecule has 2 aromatic rings. The van der Waals surface area contributed by atoms with Crippen LogP contribution >= 0.6 is 11.6 Å². The van der Waals surface area contributed by atoms with Crippen molar-refractivity contribution < 1.29 is 19.0 Å². The predicted molar refractivity (Wildman–Crippen MR) is 94.4 cm³/mol. The fourth-order valence-electron chi connectivity index (χ4n) is 1.99. The van der Waals surface area contributed by atoms with Crippen molar-refractivity contribution in [3.8, 4) is 11.5 Å². The third-order valence-corrected chi connectivity index (χ3v) is 3.44. The van der Waals surface area contributed by atoms with Crippen molar-refractivity contribution in [3.63, 3.8) is 0 Å². The van der Waals surface area contributed by atoms with Crippen LogP contribution in [0.1, 0.15) is 18.1 Å². The van der Waals surface area contributed by atoms with Crippen LogP contribution in [0.4, 0.5) is 0 Å². The molecule has 5 heteroatoms. The van der Waals surface area contributed by atoms with Crippen molar-refractivity contribution in [1.29, 1.82) is 0 Å². The Hall–Kier alpha value is -2.46. The minimum Gasteiger partial charge on any atom is -0.490 e. The maximum Gasteiger partial charge on any atom is 0.330 e. The summed E-state index contributed by atoms with van der Waals surface area (Å²) < 4.78 is 16.0. The highest BCUT2D eigenvalue weighted by molar-refractivity contribution is 6.30. The van der Waals surface area contributed by atoms with E-state index >= 15 is 0 Å². The van der Waals surface area contributed by atoms with Crippen molar-refractivity contribution in [2.45, 2.75) is 13.5 Å². The third kappa shape index (κ3) is 5.32. The van der Waals surface area contributed by atoms with Crippen LogP contribution in [0.15, 0.2) is 48.5 Å². The van der Waals surface area contributed by atoms with Gasteiger partial charge in [0.1, 0.15) is 6.61 Å². The van der Waals surface area contributed by atoms with Crippen molar-refractivity contribution in [1.82, 2.24) is 0 Å². The molecule has 2 aromatic carbocycles. The Morgan fingerprint density at radius 3 is 2.50 bits per heavy atom. The second-order valence-electron chi connectivity index (χ2n) is 4.91. The van der Waals surface area contributed by atoms with Crippen LogP contribution in [0, 0.1) is 0 Å². The molecule has 0 bridgehead atoms. The molecule has 0 heterocycles. The summed E-state index contributed by atoms with van der Waals surface area (Å²) in [6, 6.07) is 13.0. The summed E-state index contributed by atoms with van der Waals surface area (Å²) in [4.78, 5) is 11.2. The van der Waals surface area contributed by atoms with Crippen LogP contribution in [0.25, 0.3) is 6.08 Å². The Kier molecular flexibility index (Phi) is 6.70. The average molecular weight is 347 g/mol. The van der Waals surface area contributed by atoms with Crippen molar-refractivity contribution in [2.24, 2.45) is 0 Å². The van der Waals surface area contributed by atoms with E-state index in [1.54, 1.807) is 6.08 Å². The molecule has 0 saturated heterocycles. The largest absolute Gasteiger partial charge is 0.490 e. The lowest BCUT2D eigenvalue weighted by molar-refractivity contribution is -0.134. The Morgan fingerprint density at radius 1 is 1.08 bits per heavy atom. The number of ether oxygens (including phenoxy) is 3. The highest BCUT2D eigenvalue weighted by Crippen LogP contribution is 2.30. The maximum absolute atomic E-state index is 11.2. The van der Waals surface area contributed by atoms with E-state index in [9.17, 15) is 4.79 Å². The molecule has 2 rings (SSSR count). The number of benzene rings is 2. The first kappa shape index (κ1) is 17.9. The van der Waals surface area contributed by atoms with Gasteiger partial charge in [-0.05, 0) is 48.4 Å². The van der Waals surface area contributed by atoms with E-state index in [0.717, 1.165) is 11.1 Å². The summed E-state index contributed by atoms with van der Waals surface area (Å²) in [5.41, 5.74) is 1.83. The number of rotatable bonds is 7. The molecule has 0 amide bonds. The van der Waals surface area contributed by atoms with Crippen molar-refractivity contribution >= 4 is 23.6 Å². The van der Waals surface area contributed by atoms with E-state index in [1.165, 1.54) is 13.2 Å². The molecule has 24 heavy (non-hydrogen) atoms. The van der Waals surface area contributed by atoms with Gasteiger partial charge in [0.25, 0.3) is 0 Å². The van der Waals surface area contributed by atoms with Gasteiger partial charge in [-0.2, -0.15) is 0 Å². The predicted octanol–water partition coefficient (Wildman–Crippen LogP) is 4.50. The van der Waals surface area contributed by atoms with Gasteiger partial charge in [-0.25, -0.2) is 4.79 Å². The van der Waals surface area contributed by atoms with Gasteiger partial charge in [0.2, 0.25) is 0 Å². The lowest BCUT2D eigenvalue weighted by atomic mass is 10.2. The first-order chi connectivity index (χ1) is 11.6. The van der Waals surface area contributed by atoms with Crippen LogP contribution < -0.4 is 9.47 Å². The second kappa shape index (κ2) is 8.99. The average Bonchev–Trinajstić information content (AvgIpc) is 2.60. The molecule has 0 fully saturated rings. The number of carbonyl (C=O) groups excluding carboxylic acids is 1. The molecule has 126 valence electrons. The SMILES string of the molecule is CCOc1cc(/C=C/C(=O)OC)ccc1OCc1ccc(Cl)cc1. The molecule has 0 saturated carbocycles. The van der Waals surface area contributed by atoms with E-state index in [2.05, 4.69) is 4.74 Å². The lowest BCUT2D eigenvalue weighted by Gasteiger charge is -2.13. The quantitative estimate of drug-likeness (QED) is 0.547. The van der Waals surface area contributed by atoms with Gasteiger partial charge in [0.05, 0.1) is 13.7 Å². The second-order valence-corrected chi connectivity index (χ2v) is 5.35. The Bertz CT molecular complexity index is 708. The fraction of sp³-hybridized carbons (Fsp3) is 0.211. The Morgan fingerprint density at radius 2 is 1.83 bits per heavy atom. The summed E-state index contributed by atoms with van der Waals surface area (Å²) in [5.74, 6) is 0.858. The number of hydrogen-bond donors (Lipinski definition) is 0. The van der Waals surface area contributed by atoms with Gasteiger partial charge in [-0.1, -0.05) is 29.8 Å². The maximum atomic E-state index is 11.2. The number of esters is 1. The van der Waals surface area contributed by atoms with Crippen molar-refractivity contribution in [2.75, 3.05) is 13.7 Å². The van der Waals surface area contributed by atoms with Gasteiger partial charge in [-0.15, -0.1) is 0 Å². The van der Waals surface area contributed by atoms with Gasteiger partial charge in [0, 0.05) is 11.1 Å². The van der Waals surface area contributed by atoms with Crippen LogP contribution in [-0.4, -0.2) is 19.7 Å². The first-order valence-electron chi connectivity index (χ1n) is 7.52. The minimum absolute atomic E-state index is 0.406. The summed E-state index contributed by atoms with van der Waals surface area (Å²) in [7, 11) is 1.34. The van der Waals surface area contributed by atoms with E-state index < -0.39 is 5.97 Å².